The van der Waals surface area contributed by atoms with E-state index in [0.717, 1.165) is 31.2 Å². The number of esters is 1. The normalized spacial score (nSPS) is 18.6. The van der Waals surface area contributed by atoms with Gasteiger partial charge in [0.2, 0.25) is 0 Å². The second-order valence-electron chi connectivity index (χ2n) is 6.96. The number of rotatable bonds is 2. The summed E-state index contributed by atoms with van der Waals surface area (Å²) in [7, 11) is 1.50. The lowest BCUT2D eigenvalue weighted by atomic mass is 9.69. The van der Waals surface area contributed by atoms with E-state index in [1.54, 1.807) is 0 Å². The summed E-state index contributed by atoms with van der Waals surface area (Å²) in [6.45, 7) is 6.62. The highest BCUT2D eigenvalue weighted by atomic mass is 16.5. The second-order valence-corrected chi connectivity index (χ2v) is 6.96. The molecule has 2 nitrogen and oxygen atoms in total. The molecule has 1 aromatic rings. The number of methoxy groups -OCH3 is 1. The van der Waals surface area contributed by atoms with Gasteiger partial charge in [0, 0.05) is 0 Å². The van der Waals surface area contributed by atoms with Gasteiger partial charge >= 0.3 is 5.97 Å². The van der Waals surface area contributed by atoms with Crippen LogP contribution < -0.4 is 0 Å². The fourth-order valence-electron chi connectivity index (χ4n) is 3.25. The molecule has 1 aliphatic rings. The Balaban J connectivity index is 2.37. The molecule has 0 aromatic heterocycles. The van der Waals surface area contributed by atoms with Gasteiger partial charge in [-0.2, -0.15) is 0 Å². The van der Waals surface area contributed by atoms with Gasteiger partial charge in [0.15, 0.2) is 0 Å². The Kier molecular flexibility index (Phi) is 4.22. The third-order valence-corrected chi connectivity index (χ3v) is 4.59. The fraction of sp³-hybridized carbons (Fsp3) is 0.611. The van der Waals surface area contributed by atoms with Gasteiger partial charge in [-0.3, -0.25) is 4.79 Å². The molecule has 0 radical (unpaired) electrons. The van der Waals surface area contributed by atoms with Crippen LogP contribution in [0.25, 0.3) is 0 Å². The number of hydrogen-bond donors (Lipinski definition) is 0. The van der Waals surface area contributed by atoms with Crippen LogP contribution in [0.2, 0.25) is 0 Å². The summed E-state index contributed by atoms with van der Waals surface area (Å²) >= 11 is 0. The van der Waals surface area contributed by atoms with Gasteiger partial charge in [-0.25, -0.2) is 0 Å². The molecule has 0 N–H and O–H groups in total. The van der Waals surface area contributed by atoms with Gasteiger partial charge in [-0.15, -0.1) is 0 Å². The quantitative estimate of drug-likeness (QED) is 0.749. The number of carbonyl (C=O) groups is 1. The molecular weight excluding hydrogens is 248 g/mol. The molecule has 0 bridgehead atoms. The molecule has 0 atom stereocenters. The highest BCUT2D eigenvalue weighted by Gasteiger charge is 2.42. The first-order valence-corrected chi connectivity index (χ1v) is 7.59. The lowest BCUT2D eigenvalue weighted by molar-refractivity contribution is -0.149. The van der Waals surface area contributed by atoms with Crippen molar-refractivity contribution in [2.24, 2.45) is 0 Å². The lowest BCUT2D eigenvalue weighted by Gasteiger charge is -2.35. The highest BCUT2D eigenvalue weighted by Crippen LogP contribution is 2.41. The smallest absolute Gasteiger partial charge is 0.316 e. The minimum atomic E-state index is -0.413. The molecule has 1 fully saturated rings. The average Bonchev–Trinajstić information content (AvgIpc) is 2.46. The second kappa shape index (κ2) is 5.59. The number of hydrogen-bond acceptors (Lipinski definition) is 2. The molecule has 0 saturated heterocycles. The topological polar surface area (TPSA) is 26.3 Å². The van der Waals surface area contributed by atoms with Gasteiger partial charge < -0.3 is 4.74 Å². The predicted molar refractivity (Wildman–Crippen MR) is 81.9 cm³/mol. The van der Waals surface area contributed by atoms with Crippen molar-refractivity contribution in [1.82, 2.24) is 0 Å². The van der Waals surface area contributed by atoms with Crippen LogP contribution in [0, 0.1) is 0 Å². The molecule has 0 aliphatic heterocycles. The molecule has 1 aromatic carbocycles. The maximum atomic E-state index is 12.3. The Labute approximate surface area is 122 Å². The minimum absolute atomic E-state index is 0.0688. The molecule has 0 amide bonds. The molecule has 1 aliphatic carbocycles. The van der Waals surface area contributed by atoms with Crippen molar-refractivity contribution in [3.63, 3.8) is 0 Å². The Morgan fingerprint density at radius 1 is 1.05 bits per heavy atom. The first-order valence-electron chi connectivity index (χ1n) is 7.59. The van der Waals surface area contributed by atoms with E-state index in [2.05, 4.69) is 45.0 Å². The number of ether oxygens (including phenoxy) is 1. The summed E-state index contributed by atoms with van der Waals surface area (Å²) in [4.78, 5) is 12.3. The van der Waals surface area contributed by atoms with E-state index in [1.807, 2.05) is 0 Å². The van der Waals surface area contributed by atoms with Crippen molar-refractivity contribution >= 4 is 5.97 Å². The maximum Gasteiger partial charge on any atom is 0.316 e. The monoisotopic (exact) mass is 274 g/mol. The Bertz CT molecular complexity index is 459. The third kappa shape index (κ3) is 2.74. The van der Waals surface area contributed by atoms with E-state index in [0.29, 0.717) is 0 Å². The van der Waals surface area contributed by atoms with Crippen LogP contribution in [-0.2, 0) is 20.4 Å². The van der Waals surface area contributed by atoms with E-state index >= 15 is 0 Å². The van der Waals surface area contributed by atoms with Crippen LogP contribution in [0.1, 0.15) is 64.0 Å². The van der Waals surface area contributed by atoms with Crippen LogP contribution >= 0.6 is 0 Å². The van der Waals surface area contributed by atoms with Crippen molar-refractivity contribution in [3.8, 4) is 0 Å². The van der Waals surface area contributed by atoms with Gasteiger partial charge in [-0.05, 0) is 29.4 Å². The zero-order chi connectivity index (χ0) is 14.8. The zero-order valence-corrected chi connectivity index (χ0v) is 13.2. The predicted octanol–water partition coefficient (Wildman–Crippen LogP) is 4.36. The Hall–Kier alpha value is -1.31. The molecule has 0 heterocycles. The highest BCUT2D eigenvalue weighted by molar-refractivity contribution is 5.83. The molecule has 110 valence electrons. The Morgan fingerprint density at radius 2 is 1.60 bits per heavy atom. The summed E-state index contributed by atoms with van der Waals surface area (Å²) in [5.74, 6) is -0.0688. The van der Waals surface area contributed by atoms with Gasteiger partial charge in [0.25, 0.3) is 0 Å². The van der Waals surface area contributed by atoms with Gasteiger partial charge in [0.1, 0.15) is 0 Å². The molecule has 20 heavy (non-hydrogen) atoms. The summed E-state index contributed by atoms with van der Waals surface area (Å²) in [5.41, 5.74) is 2.15. The van der Waals surface area contributed by atoms with Crippen molar-refractivity contribution in [1.29, 1.82) is 0 Å². The zero-order valence-electron chi connectivity index (χ0n) is 13.2. The molecule has 0 spiro atoms. The largest absolute Gasteiger partial charge is 0.468 e. The molecule has 1 saturated carbocycles. The fourth-order valence-corrected chi connectivity index (χ4v) is 3.25. The van der Waals surface area contributed by atoms with Crippen molar-refractivity contribution in [2.45, 2.75) is 63.7 Å². The van der Waals surface area contributed by atoms with Crippen molar-refractivity contribution in [2.75, 3.05) is 7.11 Å². The molecule has 2 rings (SSSR count). The van der Waals surface area contributed by atoms with E-state index < -0.39 is 5.41 Å². The SMILES string of the molecule is COC(=O)C1(c2ccc(C(C)(C)C)cc2)CCCCC1. The molecule has 2 heteroatoms. The van der Waals surface area contributed by atoms with Gasteiger partial charge in [-0.1, -0.05) is 64.3 Å². The summed E-state index contributed by atoms with van der Waals surface area (Å²) in [5, 5.41) is 0. The van der Waals surface area contributed by atoms with E-state index in [1.165, 1.54) is 19.1 Å². The minimum Gasteiger partial charge on any atom is -0.468 e. The van der Waals surface area contributed by atoms with Crippen LogP contribution in [0.5, 0.6) is 0 Å². The van der Waals surface area contributed by atoms with Crippen LogP contribution in [-0.4, -0.2) is 13.1 Å². The first-order chi connectivity index (χ1) is 9.40. The average molecular weight is 274 g/mol. The van der Waals surface area contributed by atoms with E-state index in [4.69, 9.17) is 4.74 Å². The van der Waals surface area contributed by atoms with Crippen LogP contribution in [0.3, 0.4) is 0 Å². The van der Waals surface area contributed by atoms with Gasteiger partial charge in [0.05, 0.1) is 12.5 Å². The number of benzene rings is 1. The summed E-state index contributed by atoms with van der Waals surface area (Å²) < 4.78 is 5.11. The standard InChI is InChI=1S/C18H26O2/c1-17(2,3)14-8-10-15(11-9-14)18(16(19)20-4)12-6-5-7-13-18/h8-11H,5-7,12-13H2,1-4H3. The lowest BCUT2D eigenvalue weighted by Crippen LogP contribution is -2.39. The molecular formula is C18H26O2. The van der Waals surface area contributed by atoms with Crippen LogP contribution in [0.15, 0.2) is 24.3 Å². The third-order valence-electron chi connectivity index (χ3n) is 4.59. The Morgan fingerprint density at radius 3 is 2.05 bits per heavy atom. The van der Waals surface area contributed by atoms with E-state index in [9.17, 15) is 4.79 Å². The van der Waals surface area contributed by atoms with Crippen LogP contribution in [0.4, 0.5) is 0 Å². The maximum absolute atomic E-state index is 12.3. The molecule has 0 unspecified atom stereocenters. The van der Waals surface area contributed by atoms with E-state index in [-0.39, 0.29) is 11.4 Å². The summed E-state index contributed by atoms with van der Waals surface area (Å²) in [6, 6.07) is 8.58. The number of carbonyl (C=O) groups excluding carboxylic acids is 1. The first kappa shape index (κ1) is 15.1. The van der Waals surface area contributed by atoms with Crippen molar-refractivity contribution < 1.29 is 9.53 Å². The summed E-state index contributed by atoms with van der Waals surface area (Å²) in [6.07, 6.45) is 5.26. The van der Waals surface area contributed by atoms with Crippen molar-refractivity contribution in [3.05, 3.63) is 35.4 Å².